The second kappa shape index (κ2) is 6.90. The molecule has 100 valence electrons. The maximum atomic E-state index is 11.2. The van der Waals surface area contributed by atoms with E-state index in [1.165, 1.54) is 0 Å². The molecule has 1 rings (SSSR count). The van der Waals surface area contributed by atoms with Crippen molar-refractivity contribution in [2.24, 2.45) is 5.92 Å². The minimum atomic E-state index is -0.787. The lowest BCUT2D eigenvalue weighted by Crippen LogP contribution is -2.39. The third-order valence-electron chi connectivity index (χ3n) is 2.81. The summed E-state index contributed by atoms with van der Waals surface area (Å²) >= 11 is 3.42. The van der Waals surface area contributed by atoms with Crippen molar-refractivity contribution in [3.8, 4) is 0 Å². The molecular weight excluding hydrogens is 294 g/mol. The van der Waals surface area contributed by atoms with E-state index in [1.54, 1.807) is 0 Å². The van der Waals surface area contributed by atoms with Crippen molar-refractivity contribution in [3.63, 3.8) is 0 Å². The SMILES string of the molecule is CC(C)CC(NC(C)c1cccc(Br)c1)C(=O)O. The zero-order chi connectivity index (χ0) is 13.7. The summed E-state index contributed by atoms with van der Waals surface area (Å²) in [4.78, 5) is 11.2. The smallest absolute Gasteiger partial charge is 0.320 e. The Balaban J connectivity index is 2.72. The number of hydrogen-bond donors (Lipinski definition) is 2. The molecule has 0 aliphatic carbocycles. The van der Waals surface area contributed by atoms with Gasteiger partial charge in [-0.25, -0.2) is 0 Å². The molecule has 0 aromatic heterocycles. The van der Waals surface area contributed by atoms with Crippen LogP contribution in [0.25, 0.3) is 0 Å². The fourth-order valence-electron chi connectivity index (χ4n) is 1.89. The van der Waals surface area contributed by atoms with Crippen molar-refractivity contribution in [1.29, 1.82) is 0 Å². The molecule has 1 aromatic rings. The van der Waals surface area contributed by atoms with Crippen LogP contribution < -0.4 is 5.32 Å². The summed E-state index contributed by atoms with van der Waals surface area (Å²) in [6.45, 7) is 6.04. The third kappa shape index (κ3) is 4.78. The van der Waals surface area contributed by atoms with Gasteiger partial charge in [0.05, 0.1) is 0 Å². The molecule has 1 aromatic carbocycles. The van der Waals surface area contributed by atoms with Crippen LogP contribution in [0.1, 0.15) is 38.8 Å². The Labute approximate surface area is 117 Å². The molecule has 2 unspecified atom stereocenters. The van der Waals surface area contributed by atoms with Crippen LogP contribution in [0.3, 0.4) is 0 Å². The zero-order valence-corrected chi connectivity index (χ0v) is 12.6. The van der Waals surface area contributed by atoms with E-state index in [9.17, 15) is 9.90 Å². The molecular formula is C14H20BrNO2. The van der Waals surface area contributed by atoms with E-state index in [0.717, 1.165) is 10.0 Å². The van der Waals surface area contributed by atoms with Gasteiger partial charge in [0.2, 0.25) is 0 Å². The van der Waals surface area contributed by atoms with Gasteiger partial charge in [-0.15, -0.1) is 0 Å². The van der Waals surface area contributed by atoms with E-state index in [-0.39, 0.29) is 6.04 Å². The van der Waals surface area contributed by atoms with Crippen molar-refractivity contribution >= 4 is 21.9 Å². The lowest BCUT2D eigenvalue weighted by molar-refractivity contribution is -0.140. The second-order valence-corrected chi connectivity index (χ2v) is 5.88. The Bertz CT molecular complexity index is 407. The van der Waals surface area contributed by atoms with E-state index < -0.39 is 12.0 Å². The van der Waals surface area contributed by atoms with E-state index >= 15 is 0 Å². The van der Waals surface area contributed by atoms with Gasteiger partial charge in [-0.3, -0.25) is 10.1 Å². The molecule has 0 heterocycles. The minimum Gasteiger partial charge on any atom is -0.480 e. The highest BCUT2D eigenvalue weighted by atomic mass is 79.9. The lowest BCUT2D eigenvalue weighted by Gasteiger charge is -2.22. The molecule has 2 N–H and O–H groups in total. The monoisotopic (exact) mass is 313 g/mol. The molecule has 0 saturated carbocycles. The lowest BCUT2D eigenvalue weighted by atomic mass is 10.0. The number of carbonyl (C=O) groups is 1. The number of carboxylic acids is 1. The van der Waals surface area contributed by atoms with Gasteiger partial charge in [-0.1, -0.05) is 41.9 Å². The van der Waals surface area contributed by atoms with Crippen LogP contribution in [-0.2, 0) is 4.79 Å². The van der Waals surface area contributed by atoms with E-state index in [1.807, 2.05) is 45.0 Å². The Kier molecular flexibility index (Phi) is 5.82. The fourth-order valence-corrected chi connectivity index (χ4v) is 2.30. The van der Waals surface area contributed by atoms with Crippen LogP contribution in [0.4, 0.5) is 0 Å². The topological polar surface area (TPSA) is 49.3 Å². The summed E-state index contributed by atoms with van der Waals surface area (Å²) in [5.41, 5.74) is 1.08. The molecule has 0 fully saturated rings. The average molecular weight is 314 g/mol. The molecule has 3 nitrogen and oxygen atoms in total. The summed E-state index contributed by atoms with van der Waals surface area (Å²) in [6, 6.07) is 7.43. The number of halogens is 1. The first-order chi connectivity index (χ1) is 8.40. The summed E-state index contributed by atoms with van der Waals surface area (Å²) < 4.78 is 1.00. The van der Waals surface area contributed by atoms with Crippen molar-refractivity contribution < 1.29 is 9.90 Å². The Morgan fingerprint density at radius 3 is 2.56 bits per heavy atom. The summed E-state index contributed by atoms with van der Waals surface area (Å²) in [6.07, 6.45) is 0.633. The van der Waals surface area contributed by atoms with Gasteiger partial charge in [-0.2, -0.15) is 0 Å². The Hall–Kier alpha value is -0.870. The van der Waals surface area contributed by atoms with Crippen LogP contribution in [0.15, 0.2) is 28.7 Å². The maximum absolute atomic E-state index is 11.2. The average Bonchev–Trinajstić information content (AvgIpc) is 2.27. The van der Waals surface area contributed by atoms with Crippen molar-refractivity contribution in [3.05, 3.63) is 34.3 Å². The standard InChI is InChI=1S/C14H20BrNO2/c1-9(2)7-13(14(17)18)16-10(3)11-5-4-6-12(15)8-11/h4-6,8-10,13,16H,7H2,1-3H3,(H,17,18). The largest absolute Gasteiger partial charge is 0.480 e. The zero-order valence-electron chi connectivity index (χ0n) is 11.0. The van der Waals surface area contributed by atoms with Gasteiger partial charge in [0.1, 0.15) is 6.04 Å². The Morgan fingerprint density at radius 1 is 1.39 bits per heavy atom. The normalized spacial score (nSPS) is 14.5. The molecule has 0 aliphatic rings. The predicted molar refractivity (Wildman–Crippen MR) is 76.6 cm³/mol. The molecule has 18 heavy (non-hydrogen) atoms. The van der Waals surface area contributed by atoms with Gasteiger partial charge in [0.25, 0.3) is 0 Å². The van der Waals surface area contributed by atoms with Crippen LogP contribution in [0, 0.1) is 5.92 Å². The van der Waals surface area contributed by atoms with E-state index in [4.69, 9.17) is 0 Å². The highest BCUT2D eigenvalue weighted by Gasteiger charge is 2.21. The number of benzene rings is 1. The molecule has 0 spiro atoms. The van der Waals surface area contributed by atoms with E-state index in [0.29, 0.717) is 12.3 Å². The van der Waals surface area contributed by atoms with Crippen LogP contribution in [0.2, 0.25) is 0 Å². The van der Waals surface area contributed by atoms with Crippen LogP contribution in [0.5, 0.6) is 0 Å². The van der Waals surface area contributed by atoms with Gasteiger partial charge in [0, 0.05) is 10.5 Å². The molecule has 0 saturated heterocycles. The minimum absolute atomic E-state index is 0.0161. The summed E-state index contributed by atoms with van der Waals surface area (Å²) in [5.74, 6) is -0.432. The highest BCUT2D eigenvalue weighted by molar-refractivity contribution is 9.10. The third-order valence-corrected chi connectivity index (χ3v) is 3.30. The fraction of sp³-hybridized carbons (Fsp3) is 0.500. The number of hydrogen-bond acceptors (Lipinski definition) is 2. The number of aliphatic carboxylic acids is 1. The molecule has 0 bridgehead atoms. The highest BCUT2D eigenvalue weighted by Crippen LogP contribution is 2.19. The summed E-state index contributed by atoms with van der Waals surface area (Å²) in [7, 11) is 0. The van der Waals surface area contributed by atoms with Gasteiger partial charge in [0.15, 0.2) is 0 Å². The predicted octanol–water partition coefficient (Wildman–Crippen LogP) is 3.60. The van der Waals surface area contributed by atoms with Crippen LogP contribution in [-0.4, -0.2) is 17.1 Å². The first-order valence-corrected chi connectivity index (χ1v) is 6.93. The first kappa shape index (κ1) is 15.2. The molecule has 2 atom stereocenters. The van der Waals surface area contributed by atoms with Gasteiger partial charge in [-0.05, 0) is 37.0 Å². The second-order valence-electron chi connectivity index (χ2n) is 4.96. The number of rotatable bonds is 6. The van der Waals surface area contributed by atoms with Crippen molar-refractivity contribution in [1.82, 2.24) is 5.32 Å². The van der Waals surface area contributed by atoms with E-state index in [2.05, 4.69) is 21.2 Å². The molecule has 0 aliphatic heterocycles. The van der Waals surface area contributed by atoms with Crippen molar-refractivity contribution in [2.75, 3.05) is 0 Å². The number of nitrogens with one attached hydrogen (secondary N) is 1. The molecule has 0 radical (unpaired) electrons. The first-order valence-electron chi connectivity index (χ1n) is 6.14. The summed E-state index contributed by atoms with van der Waals surface area (Å²) in [5, 5.41) is 12.4. The van der Waals surface area contributed by atoms with Crippen LogP contribution >= 0.6 is 15.9 Å². The van der Waals surface area contributed by atoms with Gasteiger partial charge < -0.3 is 5.11 Å². The van der Waals surface area contributed by atoms with Gasteiger partial charge >= 0.3 is 5.97 Å². The molecule has 0 amide bonds. The quantitative estimate of drug-likeness (QED) is 0.843. The number of carboxylic acid groups (broad SMARTS) is 1. The Morgan fingerprint density at radius 2 is 2.06 bits per heavy atom. The van der Waals surface area contributed by atoms with Crippen molar-refractivity contribution in [2.45, 2.75) is 39.3 Å². The molecule has 4 heteroatoms. The maximum Gasteiger partial charge on any atom is 0.320 e.